The van der Waals surface area contributed by atoms with Gasteiger partial charge >= 0.3 is 0 Å². The number of hydrogen-bond acceptors (Lipinski definition) is 2. The van der Waals surface area contributed by atoms with Gasteiger partial charge in [0.2, 0.25) is 0 Å². The average Bonchev–Trinajstić information content (AvgIpc) is 2.27. The highest BCUT2D eigenvalue weighted by atomic mass is 127. The molecule has 0 spiro atoms. The van der Waals surface area contributed by atoms with Gasteiger partial charge in [-0.3, -0.25) is 0 Å². The molecule has 1 aliphatic carbocycles. The van der Waals surface area contributed by atoms with Crippen LogP contribution in [0.1, 0.15) is 31.2 Å². The fourth-order valence-electron chi connectivity index (χ4n) is 2.54. The Morgan fingerprint density at radius 2 is 2.00 bits per heavy atom. The molecular weight excluding hydrogens is 325 g/mol. The van der Waals surface area contributed by atoms with Crippen molar-refractivity contribution < 1.29 is 4.74 Å². The van der Waals surface area contributed by atoms with Crippen molar-refractivity contribution in [3.63, 3.8) is 0 Å². The largest absolute Gasteiger partial charge is 0.378 e. The first kappa shape index (κ1) is 13.3. The average molecular weight is 345 g/mol. The van der Waals surface area contributed by atoms with E-state index in [1.165, 1.54) is 28.4 Å². The van der Waals surface area contributed by atoms with Crippen molar-refractivity contribution in [2.75, 3.05) is 7.11 Å². The third kappa shape index (κ3) is 3.42. The van der Waals surface area contributed by atoms with E-state index in [4.69, 9.17) is 10.5 Å². The smallest absolute Gasteiger partial charge is 0.0693 e. The van der Waals surface area contributed by atoms with Gasteiger partial charge in [0.25, 0.3) is 0 Å². The summed E-state index contributed by atoms with van der Waals surface area (Å²) in [6, 6.07) is 8.81. The Bertz CT molecular complexity index is 353. The summed E-state index contributed by atoms with van der Waals surface area (Å²) >= 11 is 2.32. The minimum absolute atomic E-state index is 0.0859. The fraction of sp³-hybridized carbons (Fsp3) is 0.571. The van der Waals surface area contributed by atoms with Crippen molar-refractivity contribution in [1.82, 2.24) is 0 Å². The van der Waals surface area contributed by atoms with Crippen LogP contribution in [0, 0.1) is 3.57 Å². The van der Waals surface area contributed by atoms with E-state index in [0.717, 1.165) is 12.8 Å². The molecule has 17 heavy (non-hydrogen) atoms. The molecule has 0 aromatic heterocycles. The van der Waals surface area contributed by atoms with E-state index >= 15 is 0 Å². The van der Waals surface area contributed by atoms with Crippen molar-refractivity contribution >= 4 is 22.6 Å². The Labute approximate surface area is 117 Å². The summed E-state index contributed by atoms with van der Waals surface area (Å²) in [6.07, 6.45) is 5.55. The van der Waals surface area contributed by atoms with Gasteiger partial charge in [-0.25, -0.2) is 0 Å². The van der Waals surface area contributed by atoms with Gasteiger partial charge in [-0.15, -0.1) is 0 Å². The zero-order valence-corrected chi connectivity index (χ0v) is 12.4. The van der Waals surface area contributed by atoms with E-state index in [2.05, 4.69) is 46.9 Å². The summed E-state index contributed by atoms with van der Waals surface area (Å²) in [4.78, 5) is 0. The quantitative estimate of drug-likeness (QED) is 0.833. The molecule has 2 N–H and O–H groups in total. The topological polar surface area (TPSA) is 35.2 Å². The molecule has 1 aromatic carbocycles. The van der Waals surface area contributed by atoms with Gasteiger partial charge in [0, 0.05) is 16.7 Å². The van der Waals surface area contributed by atoms with Crippen LogP contribution in [-0.4, -0.2) is 18.8 Å². The van der Waals surface area contributed by atoms with E-state index in [1.807, 2.05) is 7.11 Å². The van der Waals surface area contributed by atoms with Gasteiger partial charge in [-0.05, 0) is 72.4 Å². The highest BCUT2D eigenvalue weighted by Crippen LogP contribution is 2.38. The number of methoxy groups -OCH3 is 1. The predicted octanol–water partition coefficient (Wildman–Crippen LogP) is 3.12. The van der Waals surface area contributed by atoms with Crippen molar-refractivity contribution in [3.8, 4) is 0 Å². The summed E-state index contributed by atoms with van der Waals surface area (Å²) in [5.41, 5.74) is 7.64. The Kier molecular flexibility index (Phi) is 4.44. The number of nitrogens with two attached hydrogens (primary N) is 1. The molecule has 2 nitrogen and oxygen atoms in total. The Morgan fingerprint density at radius 3 is 2.47 bits per heavy atom. The van der Waals surface area contributed by atoms with E-state index in [1.54, 1.807) is 0 Å². The zero-order chi connectivity index (χ0) is 12.3. The first-order valence-electron chi connectivity index (χ1n) is 6.19. The summed E-state index contributed by atoms with van der Waals surface area (Å²) < 4.78 is 6.89. The van der Waals surface area contributed by atoms with E-state index < -0.39 is 0 Å². The standard InChI is InChI=1S/C14H20INO/c1-17-14(7-2-8-14)10-13(16)9-11-3-5-12(15)6-4-11/h3-6,13H,2,7-10,16H2,1H3. The Morgan fingerprint density at radius 1 is 1.35 bits per heavy atom. The molecule has 1 atom stereocenters. The molecule has 0 aliphatic heterocycles. The van der Waals surface area contributed by atoms with Gasteiger partial charge in [-0.2, -0.15) is 0 Å². The second kappa shape index (κ2) is 5.67. The molecule has 0 radical (unpaired) electrons. The highest BCUT2D eigenvalue weighted by molar-refractivity contribution is 14.1. The minimum atomic E-state index is 0.0859. The molecule has 2 rings (SSSR count). The molecule has 0 amide bonds. The maximum Gasteiger partial charge on any atom is 0.0693 e. The van der Waals surface area contributed by atoms with Gasteiger partial charge < -0.3 is 10.5 Å². The first-order valence-corrected chi connectivity index (χ1v) is 7.27. The van der Waals surface area contributed by atoms with Crippen LogP contribution in [0.5, 0.6) is 0 Å². The summed E-state index contributed by atoms with van der Waals surface area (Å²) in [5, 5.41) is 0. The number of benzene rings is 1. The third-order valence-corrected chi connectivity index (χ3v) is 4.46. The number of halogens is 1. The molecule has 3 heteroatoms. The van der Waals surface area contributed by atoms with E-state index in [-0.39, 0.29) is 11.6 Å². The molecule has 0 bridgehead atoms. The van der Waals surface area contributed by atoms with Crippen LogP contribution in [0.4, 0.5) is 0 Å². The number of hydrogen-bond donors (Lipinski definition) is 1. The molecule has 1 fully saturated rings. The number of ether oxygens (including phenoxy) is 1. The lowest BCUT2D eigenvalue weighted by atomic mass is 9.75. The highest BCUT2D eigenvalue weighted by Gasteiger charge is 2.38. The molecule has 94 valence electrons. The predicted molar refractivity (Wildman–Crippen MR) is 79.0 cm³/mol. The summed E-state index contributed by atoms with van der Waals surface area (Å²) in [6.45, 7) is 0. The first-order chi connectivity index (χ1) is 8.13. The molecule has 1 aromatic rings. The summed E-state index contributed by atoms with van der Waals surface area (Å²) in [7, 11) is 1.82. The molecule has 0 heterocycles. The molecule has 1 aliphatic rings. The van der Waals surface area contributed by atoms with Crippen LogP contribution < -0.4 is 5.73 Å². The monoisotopic (exact) mass is 345 g/mol. The van der Waals surface area contributed by atoms with Crippen LogP contribution in [0.25, 0.3) is 0 Å². The third-order valence-electron chi connectivity index (χ3n) is 3.74. The maximum absolute atomic E-state index is 6.23. The summed E-state index contributed by atoms with van der Waals surface area (Å²) in [5.74, 6) is 0. The lowest BCUT2D eigenvalue weighted by molar-refractivity contribution is -0.0813. The second-order valence-corrected chi connectivity index (χ2v) is 6.28. The van der Waals surface area contributed by atoms with E-state index in [0.29, 0.717) is 0 Å². The lowest BCUT2D eigenvalue weighted by Crippen LogP contribution is -2.44. The molecule has 1 unspecified atom stereocenters. The van der Waals surface area contributed by atoms with Gasteiger partial charge in [0.05, 0.1) is 5.60 Å². The van der Waals surface area contributed by atoms with Gasteiger partial charge in [-0.1, -0.05) is 12.1 Å². The molecule has 1 saturated carbocycles. The van der Waals surface area contributed by atoms with Crippen molar-refractivity contribution in [3.05, 3.63) is 33.4 Å². The maximum atomic E-state index is 6.23. The van der Waals surface area contributed by atoms with Gasteiger partial charge in [0.1, 0.15) is 0 Å². The normalized spacial score (nSPS) is 19.7. The van der Waals surface area contributed by atoms with Crippen LogP contribution in [-0.2, 0) is 11.2 Å². The minimum Gasteiger partial charge on any atom is -0.378 e. The van der Waals surface area contributed by atoms with Crippen LogP contribution >= 0.6 is 22.6 Å². The van der Waals surface area contributed by atoms with Crippen LogP contribution in [0.15, 0.2) is 24.3 Å². The zero-order valence-electron chi connectivity index (χ0n) is 10.3. The van der Waals surface area contributed by atoms with E-state index in [9.17, 15) is 0 Å². The second-order valence-electron chi connectivity index (χ2n) is 5.04. The van der Waals surface area contributed by atoms with Crippen molar-refractivity contribution in [2.24, 2.45) is 5.73 Å². The van der Waals surface area contributed by atoms with Crippen molar-refractivity contribution in [2.45, 2.75) is 43.7 Å². The van der Waals surface area contributed by atoms with Crippen LogP contribution in [0.2, 0.25) is 0 Å². The molecule has 0 saturated heterocycles. The van der Waals surface area contributed by atoms with Gasteiger partial charge in [0.15, 0.2) is 0 Å². The lowest BCUT2D eigenvalue weighted by Gasteiger charge is -2.42. The Hall–Kier alpha value is -0.130. The SMILES string of the molecule is COC1(CC(N)Cc2ccc(I)cc2)CCC1. The number of rotatable bonds is 5. The van der Waals surface area contributed by atoms with Crippen LogP contribution in [0.3, 0.4) is 0 Å². The molecular formula is C14H20INO. The fourth-order valence-corrected chi connectivity index (χ4v) is 2.90. The Balaban J connectivity index is 1.88. The van der Waals surface area contributed by atoms with Crippen molar-refractivity contribution in [1.29, 1.82) is 0 Å².